The van der Waals surface area contributed by atoms with Gasteiger partial charge in [0.05, 0.1) is 7.11 Å². The zero-order valence-electron chi connectivity index (χ0n) is 11.6. The smallest absolute Gasteiger partial charge is 0.330 e. The number of carbonyl (C=O) groups excluding carboxylic acids is 2. The summed E-state index contributed by atoms with van der Waals surface area (Å²) in [6.07, 6.45) is 4.23. The number of esters is 1. The van der Waals surface area contributed by atoms with Gasteiger partial charge in [-0.15, -0.1) is 0 Å². The van der Waals surface area contributed by atoms with Crippen LogP contribution in [-0.2, 0) is 14.3 Å². The number of phenolic OH excluding ortho intramolecular Hbond substituents is 1. The van der Waals surface area contributed by atoms with Gasteiger partial charge in [0.15, 0.2) is 0 Å². The van der Waals surface area contributed by atoms with Crippen molar-refractivity contribution in [2.45, 2.75) is 0 Å². The zero-order valence-corrected chi connectivity index (χ0v) is 11.6. The zero-order chi connectivity index (χ0) is 15.4. The number of nitrogens with zero attached hydrogens (tertiary/aromatic N) is 2. The lowest BCUT2D eigenvalue weighted by molar-refractivity contribution is -0.134. The Labute approximate surface area is 121 Å². The van der Waals surface area contributed by atoms with Crippen molar-refractivity contribution in [3.63, 3.8) is 0 Å². The molecule has 6 heteroatoms. The van der Waals surface area contributed by atoms with E-state index in [2.05, 4.69) is 9.73 Å². The molecule has 1 aromatic carbocycles. The van der Waals surface area contributed by atoms with E-state index in [0.29, 0.717) is 5.84 Å². The first kappa shape index (κ1) is 14.5. The molecule has 21 heavy (non-hydrogen) atoms. The van der Waals surface area contributed by atoms with E-state index >= 15 is 0 Å². The van der Waals surface area contributed by atoms with Gasteiger partial charge in [0.25, 0.3) is 5.91 Å². The van der Waals surface area contributed by atoms with Gasteiger partial charge < -0.3 is 9.84 Å². The highest BCUT2D eigenvalue weighted by Crippen LogP contribution is 2.19. The minimum Gasteiger partial charge on any atom is -0.508 e. The van der Waals surface area contributed by atoms with Crippen LogP contribution in [0.15, 0.2) is 47.1 Å². The van der Waals surface area contributed by atoms with E-state index in [-0.39, 0.29) is 17.4 Å². The van der Waals surface area contributed by atoms with Crippen molar-refractivity contribution in [3.05, 3.63) is 47.7 Å². The highest BCUT2D eigenvalue weighted by Gasteiger charge is 2.25. The molecule has 1 aliphatic rings. The van der Waals surface area contributed by atoms with Gasteiger partial charge in [-0.2, -0.15) is 0 Å². The fourth-order valence-electron chi connectivity index (χ4n) is 1.70. The highest BCUT2D eigenvalue weighted by molar-refractivity contribution is 6.18. The van der Waals surface area contributed by atoms with Gasteiger partial charge in [0.1, 0.15) is 17.3 Å². The fourth-order valence-corrected chi connectivity index (χ4v) is 1.70. The number of aromatic hydroxyl groups is 1. The first-order chi connectivity index (χ1) is 10.0. The standard InChI is InChI=1S/C15H14N2O4/c1-17-13(7-8-14(19)21-2)16-12(15(17)20)9-10-3-5-11(18)6-4-10/h3-9,18H,1-2H3/b8-7+,12-9+. The molecule has 1 aromatic rings. The second kappa shape index (κ2) is 6.04. The minimum absolute atomic E-state index is 0.150. The van der Waals surface area contributed by atoms with Crippen LogP contribution in [0.1, 0.15) is 5.56 Å². The Balaban J connectivity index is 2.26. The molecular weight excluding hydrogens is 272 g/mol. The number of likely N-dealkylation sites (N-methyl/N-ethyl adjacent to an activating group) is 1. The Morgan fingerprint density at radius 3 is 2.62 bits per heavy atom. The summed E-state index contributed by atoms with van der Waals surface area (Å²) >= 11 is 0. The predicted octanol–water partition coefficient (Wildman–Crippen LogP) is 1.33. The molecule has 0 radical (unpaired) electrons. The van der Waals surface area contributed by atoms with E-state index in [1.54, 1.807) is 25.3 Å². The fraction of sp³-hybridized carbons (Fsp3) is 0.133. The van der Waals surface area contributed by atoms with Crippen LogP contribution in [0.4, 0.5) is 0 Å². The Bertz CT molecular complexity index is 657. The summed E-state index contributed by atoms with van der Waals surface area (Å²) in [5.74, 6) is -0.283. The Kier molecular flexibility index (Phi) is 4.18. The average molecular weight is 286 g/mol. The lowest BCUT2D eigenvalue weighted by Crippen LogP contribution is -2.26. The van der Waals surface area contributed by atoms with Gasteiger partial charge in [-0.1, -0.05) is 12.1 Å². The van der Waals surface area contributed by atoms with Crippen LogP contribution in [0.25, 0.3) is 6.08 Å². The normalized spacial score (nSPS) is 16.7. The van der Waals surface area contributed by atoms with E-state index in [9.17, 15) is 14.7 Å². The third kappa shape index (κ3) is 3.36. The largest absolute Gasteiger partial charge is 0.508 e. The molecule has 1 N–H and O–H groups in total. The van der Waals surface area contributed by atoms with Crippen LogP contribution in [0.3, 0.4) is 0 Å². The molecule has 108 valence electrons. The lowest BCUT2D eigenvalue weighted by Gasteiger charge is -2.07. The molecular formula is C15H14N2O4. The van der Waals surface area contributed by atoms with Crippen molar-refractivity contribution in [3.8, 4) is 5.75 Å². The first-order valence-electron chi connectivity index (χ1n) is 6.15. The Morgan fingerprint density at radius 1 is 1.33 bits per heavy atom. The number of rotatable bonds is 3. The van der Waals surface area contributed by atoms with Gasteiger partial charge in [-0.05, 0) is 29.8 Å². The molecule has 0 aliphatic carbocycles. The number of phenols is 1. The van der Waals surface area contributed by atoms with Crippen molar-refractivity contribution in [2.24, 2.45) is 4.99 Å². The van der Waals surface area contributed by atoms with Crippen LogP contribution in [0, 0.1) is 0 Å². The summed E-state index contributed by atoms with van der Waals surface area (Å²) in [6.45, 7) is 0. The maximum atomic E-state index is 12.0. The van der Waals surface area contributed by atoms with Crippen molar-refractivity contribution in [1.82, 2.24) is 4.90 Å². The summed E-state index contributed by atoms with van der Waals surface area (Å²) in [5, 5.41) is 9.22. The van der Waals surface area contributed by atoms with Gasteiger partial charge in [0, 0.05) is 13.1 Å². The van der Waals surface area contributed by atoms with Gasteiger partial charge in [0.2, 0.25) is 0 Å². The molecule has 0 saturated carbocycles. The maximum Gasteiger partial charge on any atom is 0.330 e. The van der Waals surface area contributed by atoms with Gasteiger partial charge in [-0.3, -0.25) is 9.69 Å². The number of amidine groups is 1. The van der Waals surface area contributed by atoms with E-state index < -0.39 is 5.97 Å². The number of aliphatic imine (C=N–C) groups is 1. The number of amides is 1. The number of ether oxygens (including phenoxy) is 1. The number of hydrogen-bond donors (Lipinski definition) is 1. The third-order valence-corrected chi connectivity index (χ3v) is 2.87. The lowest BCUT2D eigenvalue weighted by atomic mass is 10.2. The molecule has 1 amide bonds. The number of hydrogen-bond acceptors (Lipinski definition) is 5. The Hall–Kier alpha value is -2.89. The van der Waals surface area contributed by atoms with E-state index in [1.807, 2.05) is 0 Å². The van der Waals surface area contributed by atoms with E-state index in [4.69, 9.17) is 0 Å². The maximum absolute atomic E-state index is 12.0. The predicted molar refractivity (Wildman–Crippen MR) is 77.4 cm³/mol. The molecule has 0 saturated heterocycles. The molecule has 1 heterocycles. The summed E-state index contributed by atoms with van der Waals surface area (Å²) in [5.41, 5.74) is 0.999. The van der Waals surface area contributed by atoms with E-state index in [0.717, 1.165) is 5.56 Å². The first-order valence-corrected chi connectivity index (χ1v) is 6.15. The number of carbonyl (C=O) groups is 2. The molecule has 0 atom stereocenters. The summed E-state index contributed by atoms with van der Waals surface area (Å²) in [6, 6.07) is 6.40. The van der Waals surface area contributed by atoms with Crippen molar-refractivity contribution < 1.29 is 19.4 Å². The van der Waals surface area contributed by atoms with E-state index in [1.165, 1.54) is 36.3 Å². The summed E-state index contributed by atoms with van der Waals surface area (Å²) in [7, 11) is 2.84. The van der Waals surface area contributed by atoms with Crippen LogP contribution in [-0.4, -0.2) is 41.9 Å². The van der Waals surface area contributed by atoms with Crippen molar-refractivity contribution in [1.29, 1.82) is 0 Å². The van der Waals surface area contributed by atoms with Gasteiger partial charge in [-0.25, -0.2) is 9.79 Å². The molecule has 0 unspecified atom stereocenters. The molecule has 0 aromatic heterocycles. The molecule has 2 rings (SSSR count). The van der Waals surface area contributed by atoms with Crippen LogP contribution in [0.5, 0.6) is 5.75 Å². The van der Waals surface area contributed by atoms with Crippen LogP contribution >= 0.6 is 0 Å². The molecule has 0 bridgehead atoms. The van der Waals surface area contributed by atoms with Crippen molar-refractivity contribution in [2.75, 3.05) is 14.2 Å². The number of benzene rings is 1. The second-order valence-electron chi connectivity index (χ2n) is 4.31. The third-order valence-electron chi connectivity index (χ3n) is 2.87. The Morgan fingerprint density at radius 2 is 2.00 bits per heavy atom. The summed E-state index contributed by atoms with van der Waals surface area (Å²) < 4.78 is 4.48. The quantitative estimate of drug-likeness (QED) is 0.671. The second-order valence-corrected chi connectivity index (χ2v) is 4.31. The summed E-state index contributed by atoms with van der Waals surface area (Å²) in [4.78, 5) is 28.6. The van der Waals surface area contributed by atoms with Crippen LogP contribution < -0.4 is 0 Å². The minimum atomic E-state index is -0.519. The molecule has 6 nitrogen and oxygen atoms in total. The SMILES string of the molecule is COC(=O)/C=C/C1=NC(=C/c2ccc(O)cc2)/C(=O)N1C. The van der Waals surface area contributed by atoms with Crippen LogP contribution in [0.2, 0.25) is 0 Å². The molecule has 0 fully saturated rings. The highest BCUT2D eigenvalue weighted by atomic mass is 16.5. The van der Waals surface area contributed by atoms with Crippen molar-refractivity contribution >= 4 is 23.8 Å². The van der Waals surface area contributed by atoms with Gasteiger partial charge >= 0.3 is 5.97 Å². The molecule has 0 spiro atoms. The molecule has 1 aliphatic heterocycles. The number of methoxy groups -OCH3 is 1. The average Bonchev–Trinajstić information content (AvgIpc) is 2.75. The monoisotopic (exact) mass is 286 g/mol. The topological polar surface area (TPSA) is 79.2 Å².